The molecule has 0 amide bonds. The molecule has 10 rings (SSSR count). The molecule has 1 aliphatic carbocycles. The Kier molecular flexibility index (Phi) is 9.76. The maximum atomic E-state index is 5.84. The van der Waals surface area contributed by atoms with Gasteiger partial charge in [-0.1, -0.05) is 158 Å². The molecule has 2 atom stereocenters. The van der Waals surface area contributed by atoms with E-state index in [0.29, 0.717) is 12.0 Å². The van der Waals surface area contributed by atoms with E-state index in [9.17, 15) is 0 Å². The molecule has 59 heavy (non-hydrogen) atoms. The molecule has 0 N–H and O–H groups in total. The molecular weight excluding hydrogens is 715 g/mol. The second-order valence-corrected chi connectivity index (χ2v) is 16.1. The quantitative estimate of drug-likeness (QED) is 0.107. The number of hydrogen-bond acceptors (Lipinski definition) is 2. The highest BCUT2D eigenvalue weighted by Crippen LogP contribution is 2.52. The number of benzene rings is 8. The molecular formula is C57H47NO. The number of nitrogens with zero attached hydrogens (tertiary/aromatic N) is 1. The van der Waals surface area contributed by atoms with Gasteiger partial charge in [-0.2, -0.15) is 0 Å². The molecule has 2 aliphatic rings. The lowest BCUT2D eigenvalue weighted by Crippen LogP contribution is -2.26. The molecule has 2 heteroatoms. The van der Waals surface area contributed by atoms with Crippen molar-refractivity contribution in [1.82, 2.24) is 0 Å². The number of hydrogen-bond donors (Lipinski definition) is 0. The monoisotopic (exact) mass is 761 g/mol. The minimum Gasteiger partial charge on any atom is -0.496 e. The Balaban J connectivity index is 0.969. The second kappa shape index (κ2) is 15.8. The summed E-state index contributed by atoms with van der Waals surface area (Å²) in [4.78, 5) is 2.62. The van der Waals surface area contributed by atoms with E-state index in [-0.39, 0.29) is 0 Å². The van der Waals surface area contributed by atoms with E-state index in [2.05, 4.69) is 212 Å². The van der Waals surface area contributed by atoms with Crippen LogP contribution in [-0.4, -0.2) is 13.2 Å². The Morgan fingerprint density at radius 2 is 1.24 bits per heavy atom. The van der Waals surface area contributed by atoms with Crippen LogP contribution >= 0.6 is 0 Å². The van der Waals surface area contributed by atoms with E-state index in [1.165, 1.54) is 91.1 Å². The summed E-state index contributed by atoms with van der Waals surface area (Å²) in [6.07, 6.45) is 12.7. The molecule has 0 saturated heterocycles. The van der Waals surface area contributed by atoms with Gasteiger partial charge in [0.15, 0.2) is 0 Å². The summed E-state index contributed by atoms with van der Waals surface area (Å²) in [6.45, 7) is 2.10. The van der Waals surface area contributed by atoms with Crippen LogP contribution in [0.15, 0.2) is 188 Å². The average molecular weight is 762 g/mol. The zero-order chi connectivity index (χ0) is 39.7. The largest absolute Gasteiger partial charge is 0.496 e. The second-order valence-electron chi connectivity index (χ2n) is 16.1. The van der Waals surface area contributed by atoms with Crippen LogP contribution in [0.1, 0.15) is 69.7 Å². The van der Waals surface area contributed by atoms with Gasteiger partial charge in [-0.25, -0.2) is 0 Å². The summed E-state index contributed by atoms with van der Waals surface area (Å²) in [5.74, 6) is 1.43. The Morgan fingerprint density at radius 3 is 1.93 bits per heavy atom. The van der Waals surface area contributed by atoms with E-state index < -0.39 is 0 Å². The van der Waals surface area contributed by atoms with Gasteiger partial charge in [-0.05, 0) is 140 Å². The molecule has 1 saturated carbocycles. The van der Waals surface area contributed by atoms with Crippen LogP contribution in [0, 0.1) is 6.92 Å². The summed E-state index contributed by atoms with van der Waals surface area (Å²) in [5.41, 5.74) is 14.7. The van der Waals surface area contributed by atoms with Gasteiger partial charge in [0.1, 0.15) is 5.75 Å². The summed E-state index contributed by atoms with van der Waals surface area (Å²) in [6, 6.07) is 64.8. The number of fused-ring (bicyclic) bond motifs is 5. The van der Waals surface area contributed by atoms with E-state index in [1.807, 2.05) is 0 Å². The molecule has 2 nitrogen and oxygen atoms in total. The van der Waals surface area contributed by atoms with Crippen molar-refractivity contribution >= 4 is 56.2 Å². The van der Waals surface area contributed by atoms with Gasteiger partial charge in [0.25, 0.3) is 0 Å². The van der Waals surface area contributed by atoms with Crippen molar-refractivity contribution in [3.05, 3.63) is 233 Å². The fourth-order valence-electron chi connectivity index (χ4n) is 9.50. The van der Waals surface area contributed by atoms with Crippen molar-refractivity contribution in [2.75, 3.05) is 12.0 Å². The minimum absolute atomic E-state index is 0.481. The highest BCUT2D eigenvalue weighted by molar-refractivity contribution is 5.98. The Morgan fingerprint density at radius 1 is 0.576 bits per heavy atom. The van der Waals surface area contributed by atoms with Crippen LogP contribution in [0.5, 0.6) is 5.75 Å². The molecule has 1 aliphatic heterocycles. The van der Waals surface area contributed by atoms with Gasteiger partial charge in [0, 0.05) is 28.9 Å². The van der Waals surface area contributed by atoms with E-state index in [4.69, 9.17) is 4.74 Å². The van der Waals surface area contributed by atoms with Crippen LogP contribution < -0.4 is 9.64 Å². The SMILES string of the molecule is COc1cc(C)ccc1/C(=C/C=C/c1ccc2c(c1)C1CCCC1N2c1ccc(C=C(c2ccc3ccccc3c2)c2ccc3ccccc3c2)cc1)c1ccccc1. The smallest absolute Gasteiger partial charge is 0.126 e. The fourth-order valence-corrected chi connectivity index (χ4v) is 9.50. The highest BCUT2D eigenvalue weighted by atomic mass is 16.5. The van der Waals surface area contributed by atoms with Crippen molar-refractivity contribution in [2.24, 2.45) is 0 Å². The van der Waals surface area contributed by atoms with Gasteiger partial charge in [-0.3, -0.25) is 0 Å². The number of allylic oxidation sites excluding steroid dienone is 2. The van der Waals surface area contributed by atoms with E-state index in [0.717, 1.165) is 22.4 Å². The number of ether oxygens (including phenoxy) is 1. The van der Waals surface area contributed by atoms with Gasteiger partial charge in [0.2, 0.25) is 0 Å². The van der Waals surface area contributed by atoms with Crippen molar-refractivity contribution in [1.29, 1.82) is 0 Å². The molecule has 1 heterocycles. The molecule has 8 aromatic rings. The molecule has 0 aromatic heterocycles. The first-order valence-corrected chi connectivity index (χ1v) is 20.9. The molecule has 0 spiro atoms. The lowest BCUT2D eigenvalue weighted by molar-refractivity contribution is 0.413. The summed E-state index contributed by atoms with van der Waals surface area (Å²) in [7, 11) is 1.75. The highest BCUT2D eigenvalue weighted by Gasteiger charge is 2.42. The van der Waals surface area contributed by atoms with Crippen LogP contribution in [0.3, 0.4) is 0 Å². The lowest BCUT2D eigenvalue weighted by Gasteiger charge is -2.27. The molecule has 0 radical (unpaired) electrons. The minimum atomic E-state index is 0.481. The normalized spacial score (nSPS) is 16.1. The lowest BCUT2D eigenvalue weighted by atomic mass is 9.92. The third kappa shape index (κ3) is 7.17. The van der Waals surface area contributed by atoms with E-state index >= 15 is 0 Å². The van der Waals surface area contributed by atoms with Gasteiger partial charge < -0.3 is 9.64 Å². The van der Waals surface area contributed by atoms with Crippen LogP contribution in [0.25, 0.3) is 44.8 Å². The van der Waals surface area contributed by atoms with Crippen molar-refractivity contribution < 1.29 is 4.74 Å². The van der Waals surface area contributed by atoms with Crippen LogP contribution in [-0.2, 0) is 0 Å². The van der Waals surface area contributed by atoms with Gasteiger partial charge in [0.05, 0.1) is 7.11 Å². The maximum absolute atomic E-state index is 5.84. The summed E-state index contributed by atoms with van der Waals surface area (Å²) < 4.78 is 5.84. The first-order valence-electron chi connectivity index (χ1n) is 20.9. The van der Waals surface area contributed by atoms with Crippen molar-refractivity contribution in [2.45, 2.75) is 38.1 Å². The Hall–Kier alpha value is -6.90. The predicted molar refractivity (Wildman–Crippen MR) is 251 cm³/mol. The number of aryl methyl sites for hydroxylation is 1. The molecule has 2 unspecified atom stereocenters. The van der Waals surface area contributed by atoms with Crippen molar-refractivity contribution in [3.8, 4) is 5.75 Å². The maximum Gasteiger partial charge on any atom is 0.126 e. The molecule has 0 bridgehead atoms. The summed E-state index contributed by atoms with van der Waals surface area (Å²) in [5, 5.41) is 5.01. The zero-order valence-corrected chi connectivity index (χ0v) is 33.7. The zero-order valence-electron chi connectivity index (χ0n) is 33.7. The fraction of sp³-hybridized carbons (Fsp3) is 0.123. The van der Waals surface area contributed by atoms with Crippen LogP contribution in [0.4, 0.5) is 11.4 Å². The van der Waals surface area contributed by atoms with Crippen LogP contribution in [0.2, 0.25) is 0 Å². The topological polar surface area (TPSA) is 12.5 Å². The third-order valence-electron chi connectivity index (χ3n) is 12.4. The van der Waals surface area contributed by atoms with Gasteiger partial charge in [-0.15, -0.1) is 0 Å². The Bertz CT molecular complexity index is 2830. The molecule has 8 aromatic carbocycles. The van der Waals surface area contributed by atoms with Gasteiger partial charge >= 0.3 is 0 Å². The standard InChI is InChI=1S/C57H47NO/c1-39-22-32-52(57(34-39)59-2)50(44-15-4-3-5-16-44)19-10-12-40-25-33-56-54(36-40)51-20-11-21-55(51)58(56)49-30-23-41(24-31-49)35-53(47-28-26-42-13-6-8-17-45(42)37-47)48-29-27-43-14-7-9-18-46(43)38-48/h3-10,12-19,22-38,51,55H,11,20-21H2,1-2H3/b12-10+,50-19+. The predicted octanol–water partition coefficient (Wildman–Crippen LogP) is 14.8. The average Bonchev–Trinajstić information content (AvgIpc) is 3.89. The first-order chi connectivity index (χ1) is 29.1. The third-order valence-corrected chi connectivity index (χ3v) is 12.4. The molecule has 286 valence electrons. The number of methoxy groups -OCH3 is 1. The first kappa shape index (κ1) is 36.4. The number of rotatable bonds is 9. The summed E-state index contributed by atoms with van der Waals surface area (Å²) >= 11 is 0. The van der Waals surface area contributed by atoms with Crippen molar-refractivity contribution in [3.63, 3.8) is 0 Å². The Labute approximate surface area is 348 Å². The number of anilines is 2. The van der Waals surface area contributed by atoms with E-state index in [1.54, 1.807) is 7.11 Å². The molecule has 1 fully saturated rings.